The molecule has 0 saturated heterocycles. The number of amides is 1. The fourth-order valence-corrected chi connectivity index (χ4v) is 8.56. The van der Waals surface area contributed by atoms with Crippen molar-refractivity contribution >= 4 is 27.9 Å². The second-order valence-corrected chi connectivity index (χ2v) is 16.3. The minimum absolute atomic E-state index is 0.00798. The third kappa shape index (κ3) is 4.08. The molecule has 2 aliphatic heterocycles. The number of rotatable bonds is 5. The molecule has 7 nitrogen and oxygen atoms in total. The molecular weight excluding hydrogens is 573 g/mol. The number of fused-ring (bicyclic) bond motifs is 9. The molecule has 4 aliphatic rings. The van der Waals surface area contributed by atoms with Gasteiger partial charge in [0.25, 0.3) is 5.91 Å². The largest absolute Gasteiger partial charge is 0.331 e. The highest BCUT2D eigenvalue weighted by Crippen LogP contribution is 2.54. The second kappa shape index (κ2) is 9.54. The van der Waals surface area contributed by atoms with E-state index in [0.29, 0.717) is 35.9 Å². The fraction of sp³-hybridized carbons (Fsp3) is 0.457. The van der Waals surface area contributed by atoms with Crippen LogP contribution in [0.15, 0.2) is 48.7 Å². The van der Waals surface area contributed by atoms with Crippen molar-refractivity contribution in [1.82, 2.24) is 24.2 Å². The Morgan fingerprint density at radius 1 is 1.07 bits per heavy atom. The molecule has 4 heterocycles. The van der Waals surface area contributed by atoms with Crippen LogP contribution < -0.4 is 4.72 Å². The molecule has 2 bridgehead atoms. The number of benzene rings is 2. The zero-order chi connectivity index (χ0) is 30.7. The van der Waals surface area contributed by atoms with Crippen LogP contribution in [0, 0.1) is 11.7 Å². The van der Waals surface area contributed by atoms with Crippen molar-refractivity contribution in [1.29, 1.82) is 0 Å². The Labute approximate surface area is 259 Å². The van der Waals surface area contributed by atoms with Gasteiger partial charge in [0.1, 0.15) is 11.6 Å². The third-order valence-corrected chi connectivity index (χ3v) is 12.1. The Morgan fingerprint density at radius 3 is 2.50 bits per heavy atom. The van der Waals surface area contributed by atoms with Gasteiger partial charge >= 0.3 is 0 Å². The summed E-state index contributed by atoms with van der Waals surface area (Å²) in [6, 6.07) is 13.7. The number of imidazole rings is 1. The van der Waals surface area contributed by atoms with E-state index in [1.54, 1.807) is 12.3 Å². The Hall–Kier alpha value is -3.43. The van der Waals surface area contributed by atoms with Crippen LogP contribution in [0.3, 0.4) is 0 Å². The van der Waals surface area contributed by atoms with Gasteiger partial charge in [-0.3, -0.25) is 9.78 Å². The van der Waals surface area contributed by atoms with Crippen LogP contribution in [-0.2, 0) is 16.5 Å². The number of hydrogen-bond acceptors (Lipinski definition) is 4. The molecule has 0 radical (unpaired) electrons. The van der Waals surface area contributed by atoms with Gasteiger partial charge in [-0.15, -0.1) is 0 Å². The number of pyridine rings is 1. The van der Waals surface area contributed by atoms with E-state index in [4.69, 9.17) is 4.98 Å². The summed E-state index contributed by atoms with van der Waals surface area (Å²) in [6.45, 7) is 8.02. The van der Waals surface area contributed by atoms with E-state index < -0.39 is 21.3 Å². The number of carbonyl (C=O) groups excluding carboxylic acids is 1. The SMILES string of the molecule is C[C@@H]1C[C@H]1c1cccc2c1[C@H]1C[C@H](c3nc4ccc(-c5cnc(C6(NS(=O)C(C)(C)C)CCC6)c(F)c5)cc4n31)N(C)C2=O. The highest BCUT2D eigenvalue weighted by atomic mass is 32.2. The summed E-state index contributed by atoms with van der Waals surface area (Å²) in [7, 11) is 0.557. The predicted octanol–water partition coefficient (Wildman–Crippen LogP) is 6.91. The number of halogens is 1. The van der Waals surface area contributed by atoms with Crippen molar-refractivity contribution in [3.63, 3.8) is 0 Å². The normalized spacial score (nSPS) is 25.8. The molecule has 0 spiro atoms. The molecule has 8 rings (SSSR count). The van der Waals surface area contributed by atoms with Crippen LogP contribution in [0.5, 0.6) is 0 Å². The smallest absolute Gasteiger partial charge is 0.254 e. The molecule has 228 valence electrons. The average molecular weight is 612 g/mol. The van der Waals surface area contributed by atoms with Crippen LogP contribution in [0.1, 0.15) is 111 Å². The molecule has 44 heavy (non-hydrogen) atoms. The summed E-state index contributed by atoms with van der Waals surface area (Å²) >= 11 is 0. The van der Waals surface area contributed by atoms with E-state index >= 15 is 4.39 Å². The molecule has 5 atom stereocenters. The number of nitrogens with one attached hydrogen (secondary N) is 1. The lowest BCUT2D eigenvalue weighted by Gasteiger charge is -2.43. The van der Waals surface area contributed by atoms with Gasteiger partial charge in [0.15, 0.2) is 0 Å². The highest BCUT2D eigenvalue weighted by molar-refractivity contribution is 7.84. The minimum atomic E-state index is -1.33. The molecular formula is C35H38FN5O2S. The zero-order valence-corrected chi connectivity index (χ0v) is 26.7. The lowest BCUT2D eigenvalue weighted by atomic mass is 9.74. The van der Waals surface area contributed by atoms with Gasteiger partial charge in [-0.1, -0.05) is 25.1 Å². The Morgan fingerprint density at radius 2 is 1.84 bits per heavy atom. The molecule has 9 heteroatoms. The molecule has 2 fully saturated rings. The Balaban J connectivity index is 1.21. The zero-order valence-electron chi connectivity index (χ0n) is 25.9. The lowest BCUT2D eigenvalue weighted by Crippen LogP contribution is -2.53. The van der Waals surface area contributed by atoms with Gasteiger partial charge in [0.05, 0.1) is 50.1 Å². The molecule has 2 aromatic carbocycles. The number of carbonyl (C=O) groups is 1. The number of aromatic nitrogens is 3. The quantitative estimate of drug-likeness (QED) is 0.266. The van der Waals surface area contributed by atoms with Crippen molar-refractivity contribution in [2.75, 3.05) is 7.05 Å². The summed E-state index contributed by atoms with van der Waals surface area (Å²) in [5.41, 5.74) is 6.27. The van der Waals surface area contributed by atoms with Crippen LogP contribution >= 0.6 is 0 Å². The maximum atomic E-state index is 15.8. The first-order chi connectivity index (χ1) is 21.0. The molecule has 2 aliphatic carbocycles. The Kier molecular flexibility index (Phi) is 6.08. The summed E-state index contributed by atoms with van der Waals surface area (Å²) < 4.78 is 33.9. The van der Waals surface area contributed by atoms with Crippen molar-refractivity contribution in [2.45, 2.75) is 88.1 Å². The molecule has 2 saturated carbocycles. The van der Waals surface area contributed by atoms with Crippen LogP contribution in [0.25, 0.3) is 22.2 Å². The molecule has 1 N–H and O–H groups in total. The van der Waals surface area contributed by atoms with Gasteiger partial charge in [-0.25, -0.2) is 18.3 Å². The topological polar surface area (TPSA) is 80.1 Å². The lowest BCUT2D eigenvalue weighted by molar-refractivity contribution is 0.0734. The fourth-order valence-electron chi connectivity index (χ4n) is 7.60. The van der Waals surface area contributed by atoms with E-state index in [0.717, 1.165) is 52.8 Å². The molecule has 4 aromatic rings. The first-order valence-corrected chi connectivity index (χ1v) is 16.9. The van der Waals surface area contributed by atoms with Gasteiger partial charge in [0, 0.05) is 30.8 Å². The van der Waals surface area contributed by atoms with E-state index in [9.17, 15) is 9.00 Å². The van der Waals surface area contributed by atoms with Gasteiger partial charge < -0.3 is 9.47 Å². The summed E-state index contributed by atoms with van der Waals surface area (Å²) in [4.78, 5) is 25.2. The molecule has 1 unspecified atom stereocenters. The highest BCUT2D eigenvalue weighted by Gasteiger charge is 2.47. The minimum Gasteiger partial charge on any atom is -0.331 e. The van der Waals surface area contributed by atoms with E-state index in [1.165, 1.54) is 5.56 Å². The molecule has 1 amide bonds. The summed E-state index contributed by atoms with van der Waals surface area (Å²) in [6.07, 6.45) is 6.03. The Bertz CT molecular complexity index is 1890. The van der Waals surface area contributed by atoms with Crippen molar-refractivity contribution < 1.29 is 13.4 Å². The van der Waals surface area contributed by atoms with Crippen molar-refractivity contribution in [3.8, 4) is 11.1 Å². The van der Waals surface area contributed by atoms with Crippen LogP contribution in [0.4, 0.5) is 4.39 Å². The second-order valence-electron chi connectivity index (χ2n) is 14.3. The number of nitrogens with zero attached hydrogens (tertiary/aromatic N) is 4. The maximum Gasteiger partial charge on any atom is 0.254 e. The first kappa shape index (κ1) is 28.1. The van der Waals surface area contributed by atoms with Gasteiger partial charge in [-0.2, -0.15) is 0 Å². The first-order valence-electron chi connectivity index (χ1n) is 15.7. The summed E-state index contributed by atoms with van der Waals surface area (Å²) in [5, 5.41) is 0. The van der Waals surface area contributed by atoms with Crippen LogP contribution in [-0.4, -0.2) is 41.3 Å². The van der Waals surface area contributed by atoms with Crippen LogP contribution in [0.2, 0.25) is 0 Å². The standard InChI is InChI=1S/C35H38FN5O2S/c1-19-14-24(19)22-8-6-9-23-30(22)28-17-29(40(5)33(23)42)32-38-26-11-10-20(16-27(26)41(28)32)21-15-25(36)31(37-18-21)35(12-7-13-35)39-44(43)34(2,3)4/h6,8-11,15-16,18-19,24,28-29,39H,7,12-14,17H2,1-5H3/t19-,24-,28-,29-,44?/m1/s1. The monoisotopic (exact) mass is 611 g/mol. The summed E-state index contributed by atoms with van der Waals surface area (Å²) in [5.74, 6) is 1.69. The van der Waals surface area contributed by atoms with Gasteiger partial charge in [-0.05, 0) is 99.2 Å². The maximum absolute atomic E-state index is 15.8. The predicted molar refractivity (Wildman–Crippen MR) is 170 cm³/mol. The third-order valence-electron chi connectivity index (χ3n) is 10.5. The molecule has 2 aromatic heterocycles. The number of hydrogen-bond donors (Lipinski definition) is 1. The van der Waals surface area contributed by atoms with E-state index in [1.807, 2.05) is 57.0 Å². The van der Waals surface area contributed by atoms with Crippen molar-refractivity contribution in [3.05, 3.63) is 82.7 Å². The van der Waals surface area contributed by atoms with Gasteiger partial charge in [0.2, 0.25) is 0 Å². The van der Waals surface area contributed by atoms with E-state index in [-0.39, 0.29) is 23.8 Å². The van der Waals surface area contributed by atoms with Crippen molar-refractivity contribution in [2.24, 2.45) is 5.92 Å². The average Bonchev–Trinajstić information content (AvgIpc) is 3.45. The van der Waals surface area contributed by atoms with E-state index in [2.05, 4.69) is 33.3 Å².